The van der Waals surface area contributed by atoms with E-state index in [1.165, 1.54) is 11.8 Å². The fourth-order valence-corrected chi connectivity index (χ4v) is 2.36. The maximum Gasteiger partial charge on any atom is 0.326 e. The number of amides is 1. The van der Waals surface area contributed by atoms with Crippen molar-refractivity contribution in [3.8, 4) is 0 Å². The SMILES string of the molecule is CSc1ccccc1C(=O)N[C@H](CC(C)C)C(=O)O. The van der Waals surface area contributed by atoms with Crippen LogP contribution in [0.1, 0.15) is 30.6 Å². The molecule has 0 radical (unpaired) electrons. The van der Waals surface area contributed by atoms with Crippen LogP contribution in [0.4, 0.5) is 0 Å². The molecule has 0 bridgehead atoms. The largest absolute Gasteiger partial charge is 0.480 e. The van der Waals surface area contributed by atoms with E-state index in [9.17, 15) is 9.59 Å². The van der Waals surface area contributed by atoms with Crippen molar-refractivity contribution >= 4 is 23.6 Å². The number of rotatable bonds is 6. The van der Waals surface area contributed by atoms with Crippen molar-refractivity contribution in [1.82, 2.24) is 5.32 Å². The molecule has 0 saturated carbocycles. The third-order valence-corrected chi connectivity index (χ3v) is 3.46. The van der Waals surface area contributed by atoms with Gasteiger partial charge in [-0.3, -0.25) is 4.79 Å². The summed E-state index contributed by atoms with van der Waals surface area (Å²) in [6.45, 7) is 3.86. The Hall–Kier alpha value is -1.49. The van der Waals surface area contributed by atoms with Crippen LogP contribution in [-0.4, -0.2) is 29.3 Å². The maximum atomic E-state index is 12.1. The minimum absolute atomic E-state index is 0.206. The standard InChI is InChI=1S/C14H19NO3S/c1-9(2)8-11(14(17)18)15-13(16)10-6-4-5-7-12(10)19-3/h4-7,9,11H,8H2,1-3H3,(H,15,16)(H,17,18)/t11-/m1/s1. The lowest BCUT2D eigenvalue weighted by Crippen LogP contribution is -2.41. The van der Waals surface area contributed by atoms with Gasteiger partial charge in [-0.15, -0.1) is 11.8 Å². The minimum Gasteiger partial charge on any atom is -0.480 e. The number of carbonyl (C=O) groups excluding carboxylic acids is 1. The van der Waals surface area contributed by atoms with E-state index in [0.717, 1.165) is 4.90 Å². The summed E-state index contributed by atoms with van der Waals surface area (Å²) >= 11 is 1.46. The quantitative estimate of drug-likeness (QED) is 0.787. The van der Waals surface area contributed by atoms with Crippen molar-refractivity contribution in [2.24, 2.45) is 5.92 Å². The van der Waals surface area contributed by atoms with E-state index in [2.05, 4.69) is 5.32 Å². The van der Waals surface area contributed by atoms with Crippen LogP contribution in [0.3, 0.4) is 0 Å². The predicted molar refractivity (Wildman–Crippen MR) is 76.6 cm³/mol. The van der Waals surface area contributed by atoms with E-state index in [1.807, 2.05) is 32.2 Å². The zero-order chi connectivity index (χ0) is 14.4. The average molecular weight is 281 g/mol. The first-order valence-electron chi connectivity index (χ1n) is 6.12. The summed E-state index contributed by atoms with van der Waals surface area (Å²) in [7, 11) is 0. The van der Waals surface area contributed by atoms with Crippen LogP contribution in [-0.2, 0) is 4.79 Å². The molecule has 19 heavy (non-hydrogen) atoms. The molecule has 1 aromatic rings. The molecule has 0 saturated heterocycles. The highest BCUT2D eigenvalue weighted by atomic mass is 32.2. The van der Waals surface area contributed by atoms with Gasteiger partial charge in [0.2, 0.25) is 0 Å². The molecular formula is C14H19NO3S. The van der Waals surface area contributed by atoms with E-state index >= 15 is 0 Å². The van der Waals surface area contributed by atoms with Gasteiger partial charge in [-0.25, -0.2) is 4.79 Å². The molecule has 1 aromatic carbocycles. The Morgan fingerprint density at radius 2 is 1.95 bits per heavy atom. The molecule has 0 heterocycles. The molecule has 1 rings (SSSR count). The summed E-state index contributed by atoms with van der Waals surface area (Å²) < 4.78 is 0. The summed E-state index contributed by atoms with van der Waals surface area (Å²) in [5.41, 5.74) is 0.519. The van der Waals surface area contributed by atoms with Crippen LogP contribution in [0, 0.1) is 5.92 Å². The molecule has 0 aliphatic rings. The molecule has 0 spiro atoms. The van der Waals surface area contributed by atoms with Crippen molar-refractivity contribution in [3.05, 3.63) is 29.8 Å². The highest BCUT2D eigenvalue weighted by Crippen LogP contribution is 2.20. The molecule has 104 valence electrons. The minimum atomic E-state index is -0.997. The Labute approximate surface area is 117 Å². The summed E-state index contributed by atoms with van der Waals surface area (Å²) in [4.78, 5) is 24.1. The number of benzene rings is 1. The Balaban J connectivity index is 2.84. The van der Waals surface area contributed by atoms with Crippen LogP contribution in [0.25, 0.3) is 0 Å². The number of carbonyl (C=O) groups is 2. The Morgan fingerprint density at radius 3 is 2.47 bits per heavy atom. The molecule has 1 amide bonds. The van der Waals surface area contributed by atoms with Crippen molar-refractivity contribution < 1.29 is 14.7 Å². The van der Waals surface area contributed by atoms with Gasteiger partial charge in [0.1, 0.15) is 6.04 Å². The topological polar surface area (TPSA) is 66.4 Å². The highest BCUT2D eigenvalue weighted by Gasteiger charge is 2.22. The number of aliphatic carboxylic acids is 1. The summed E-state index contributed by atoms with van der Waals surface area (Å²) in [5, 5.41) is 11.7. The molecule has 4 nitrogen and oxygen atoms in total. The second kappa shape index (κ2) is 7.19. The van der Waals surface area contributed by atoms with Gasteiger partial charge in [0.05, 0.1) is 5.56 Å². The van der Waals surface area contributed by atoms with Crippen molar-refractivity contribution in [3.63, 3.8) is 0 Å². The average Bonchev–Trinajstić information content (AvgIpc) is 2.37. The zero-order valence-electron chi connectivity index (χ0n) is 11.3. The smallest absolute Gasteiger partial charge is 0.326 e. The maximum absolute atomic E-state index is 12.1. The molecule has 0 aliphatic carbocycles. The van der Waals surface area contributed by atoms with E-state index in [-0.39, 0.29) is 11.8 Å². The van der Waals surface area contributed by atoms with Crippen LogP contribution in [0.5, 0.6) is 0 Å². The molecule has 0 aliphatic heterocycles. The lowest BCUT2D eigenvalue weighted by Gasteiger charge is -2.17. The highest BCUT2D eigenvalue weighted by molar-refractivity contribution is 7.98. The number of carboxylic acid groups (broad SMARTS) is 1. The molecular weight excluding hydrogens is 262 g/mol. The third-order valence-electron chi connectivity index (χ3n) is 2.66. The summed E-state index contributed by atoms with van der Waals surface area (Å²) in [6.07, 6.45) is 2.30. The van der Waals surface area contributed by atoms with Gasteiger partial charge >= 0.3 is 5.97 Å². The van der Waals surface area contributed by atoms with Crippen molar-refractivity contribution in [2.75, 3.05) is 6.26 Å². The van der Waals surface area contributed by atoms with E-state index in [1.54, 1.807) is 12.1 Å². The van der Waals surface area contributed by atoms with Gasteiger partial charge < -0.3 is 10.4 Å². The normalized spacial score (nSPS) is 12.2. The van der Waals surface area contributed by atoms with Gasteiger partial charge in [-0.2, -0.15) is 0 Å². The van der Waals surface area contributed by atoms with Gasteiger partial charge in [0.25, 0.3) is 5.91 Å². The Bertz CT molecular complexity index is 460. The molecule has 0 aromatic heterocycles. The van der Waals surface area contributed by atoms with Crippen LogP contribution < -0.4 is 5.32 Å². The second-order valence-electron chi connectivity index (χ2n) is 4.69. The zero-order valence-corrected chi connectivity index (χ0v) is 12.2. The Morgan fingerprint density at radius 1 is 1.32 bits per heavy atom. The van der Waals surface area contributed by atoms with Gasteiger partial charge in [-0.05, 0) is 30.7 Å². The molecule has 5 heteroatoms. The predicted octanol–water partition coefficient (Wildman–Crippen LogP) is 2.64. The summed E-state index contributed by atoms with van der Waals surface area (Å²) in [5.74, 6) is -1.13. The monoisotopic (exact) mass is 281 g/mol. The van der Waals surface area contributed by atoms with Crippen molar-refractivity contribution in [2.45, 2.75) is 31.2 Å². The number of thioether (sulfide) groups is 1. The molecule has 0 fully saturated rings. The fraction of sp³-hybridized carbons (Fsp3) is 0.429. The van der Waals surface area contributed by atoms with E-state index in [4.69, 9.17) is 5.11 Å². The lowest BCUT2D eigenvalue weighted by molar-refractivity contribution is -0.139. The number of nitrogens with one attached hydrogen (secondary N) is 1. The Kier molecular flexibility index (Phi) is 5.89. The molecule has 2 N–H and O–H groups in total. The number of hydrogen-bond donors (Lipinski definition) is 2. The van der Waals surface area contributed by atoms with E-state index < -0.39 is 12.0 Å². The fourth-order valence-electron chi connectivity index (χ4n) is 1.76. The van der Waals surface area contributed by atoms with Gasteiger partial charge in [-0.1, -0.05) is 26.0 Å². The number of hydrogen-bond acceptors (Lipinski definition) is 3. The third kappa shape index (κ3) is 4.59. The first-order valence-corrected chi connectivity index (χ1v) is 7.34. The lowest BCUT2D eigenvalue weighted by atomic mass is 10.0. The molecule has 1 atom stereocenters. The van der Waals surface area contributed by atoms with Crippen molar-refractivity contribution in [1.29, 1.82) is 0 Å². The first-order chi connectivity index (χ1) is 8.95. The molecule has 0 unspecified atom stereocenters. The van der Waals surface area contributed by atoms with Gasteiger partial charge in [0, 0.05) is 4.90 Å². The number of carboxylic acids is 1. The summed E-state index contributed by atoms with van der Waals surface area (Å²) in [6, 6.07) is 6.33. The first kappa shape index (κ1) is 15.6. The van der Waals surface area contributed by atoms with Crippen LogP contribution >= 0.6 is 11.8 Å². The van der Waals surface area contributed by atoms with E-state index in [0.29, 0.717) is 12.0 Å². The second-order valence-corrected chi connectivity index (χ2v) is 5.54. The van der Waals surface area contributed by atoms with Gasteiger partial charge in [0.15, 0.2) is 0 Å². The van der Waals surface area contributed by atoms with Crippen LogP contribution in [0.15, 0.2) is 29.2 Å². The van der Waals surface area contributed by atoms with Crippen LogP contribution in [0.2, 0.25) is 0 Å².